The number of nitrogens with two attached hydrogens (primary N) is 2. The maximum Gasteiger partial charge on any atom is 0.197 e. The Hall–Kier alpha value is -1.74. The van der Waals surface area contributed by atoms with E-state index in [0.29, 0.717) is 0 Å². The molecule has 1 aromatic carbocycles. The minimum absolute atomic E-state index is 0.751. The number of aryl methyl sites for hydroxylation is 1. The molecule has 17 heavy (non-hydrogen) atoms. The van der Waals surface area contributed by atoms with Crippen molar-refractivity contribution in [2.75, 3.05) is 5.73 Å². The number of benzene rings is 1. The van der Waals surface area contributed by atoms with Gasteiger partial charge in [0.2, 0.25) is 0 Å². The fraction of sp³-hybridized carbons (Fsp3) is 0.0714. The summed E-state index contributed by atoms with van der Waals surface area (Å²) in [6.07, 6.45) is 5.73. The van der Waals surface area contributed by atoms with Crippen molar-refractivity contribution in [2.24, 2.45) is 0 Å². The van der Waals surface area contributed by atoms with Crippen LogP contribution in [-0.2, 0) is 0 Å². The highest BCUT2D eigenvalue weighted by Crippen LogP contribution is 2.35. The van der Waals surface area contributed by atoms with E-state index < -0.39 is 0 Å². The van der Waals surface area contributed by atoms with E-state index in [9.17, 15) is 0 Å². The fourth-order valence-corrected chi connectivity index (χ4v) is 2.57. The number of thioether (sulfide) groups is 1. The van der Waals surface area contributed by atoms with Gasteiger partial charge in [0.05, 0.1) is 0 Å². The molecule has 1 aliphatic rings. The Morgan fingerprint density at radius 1 is 1.29 bits per heavy atom. The van der Waals surface area contributed by atoms with E-state index in [1.807, 2.05) is 36.4 Å². The van der Waals surface area contributed by atoms with Crippen molar-refractivity contribution in [1.29, 1.82) is 0 Å². The van der Waals surface area contributed by atoms with Crippen LogP contribution in [0.15, 0.2) is 58.4 Å². The number of hydrogen-bond donors (Lipinski definition) is 2. The Morgan fingerprint density at radius 2 is 2.06 bits per heavy atom. The molecule has 0 saturated carbocycles. The summed E-state index contributed by atoms with van der Waals surface area (Å²) in [5.41, 5.74) is 9.50. The van der Waals surface area contributed by atoms with Crippen molar-refractivity contribution in [3.8, 4) is 0 Å². The minimum atomic E-state index is 0.751. The maximum absolute atomic E-state index is 5.80. The van der Waals surface area contributed by atoms with Crippen molar-refractivity contribution < 1.29 is 5.41 Å². The molecular weight excluding hydrogens is 228 g/mol. The van der Waals surface area contributed by atoms with Gasteiger partial charge in [-0.15, -0.1) is 0 Å². The van der Waals surface area contributed by atoms with Crippen LogP contribution in [0.5, 0.6) is 0 Å². The third kappa shape index (κ3) is 2.68. The zero-order valence-corrected chi connectivity index (χ0v) is 10.6. The molecule has 0 radical (unpaired) electrons. The van der Waals surface area contributed by atoms with Gasteiger partial charge in [0, 0.05) is 27.6 Å². The van der Waals surface area contributed by atoms with E-state index in [2.05, 4.69) is 13.5 Å². The minimum Gasteiger partial charge on any atom is -0.399 e. The van der Waals surface area contributed by atoms with Crippen LogP contribution in [0, 0.1) is 6.92 Å². The van der Waals surface area contributed by atoms with E-state index in [4.69, 9.17) is 11.1 Å². The summed E-state index contributed by atoms with van der Waals surface area (Å²) in [6.45, 7) is 6.07. The monoisotopic (exact) mass is 243 g/mol. The van der Waals surface area contributed by atoms with Crippen LogP contribution < -0.4 is 11.1 Å². The maximum atomic E-state index is 5.80. The molecule has 0 bridgehead atoms. The third-order valence-corrected chi connectivity index (χ3v) is 3.78. The molecule has 0 aromatic heterocycles. The van der Waals surface area contributed by atoms with Gasteiger partial charge in [-0.25, -0.2) is 0 Å². The topological polar surface area (TPSA) is 51.6 Å². The van der Waals surface area contributed by atoms with E-state index in [1.54, 1.807) is 11.8 Å². The molecule has 2 nitrogen and oxygen atoms in total. The molecule has 0 aliphatic heterocycles. The lowest BCUT2D eigenvalue weighted by Crippen LogP contribution is -2.37. The lowest BCUT2D eigenvalue weighted by atomic mass is 10.1. The number of anilines is 1. The van der Waals surface area contributed by atoms with Gasteiger partial charge in [0.15, 0.2) is 5.71 Å². The van der Waals surface area contributed by atoms with Crippen molar-refractivity contribution in [1.82, 2.24) is 0 Å². The second kappa shape index (κ2) is 4.63. The smallest absolute Gasteiger partial charge is 0.197 e. The molecule has 0 atom stereocenters. The third-order valence-electron chi connectivity index (χ3n) is 2.52. The van der Waals surface area contributed by atoms with Crippen molar-refractivity contribution in [3.05, 3.63) is 59.0 Å². The zero-order valence-electron chi connectivity index (χ0n) is 9.73. The molecule has 0 saturated heterocycles. The van der Waals surface area contributed by atoms with Gasteiger partial charge in [-0.1, -0.05) is 24.4 Å². The summed E-state index contributed by atoms with van der Waals surface area (Å²) in [5.74, 6) is 0. The summed E-state index contributed by atoms with van der Waals surface area (Å²) in [7, 11) is 0. The van der Waals surface area contributed by atoms with Crippen LogP contribution in [0.1, 0.15) is 5.56 Å². The van der Waals surface area contributed by atoms with Gasteiger partial charge < -0.3 is 5.73 Å². The number of nitrogen functional groups attached to an aromatic ring is 1. The highest BCUT2D eigenvalue weighted by molar-refractivity contribution is 8.03. The molecule has 2 rings (SSSR count). The van der Waals surface area contributed by atoms with Crippen molar-refractivity contribution in [2.45, 2.75) is 11.8 Å². The van der Waals surface area contributed by atoms with Crippen LogP contribution in [-0.4, -0.2) is 5.71 Å². The van der Waals surface area contributed by atoms with Gasteiger partial charge in [0.1, 0.15) is 0 Å². The standard InChI is InChI=1S/C14H14N2S/c1-9-3-5-11(15)7-13(9)17-14-8-12(16)6-4-10(14)2/h3-8,15H,1,16H2,2H3/p+1. The van der Waals surface area contributed by atoms with Gasteiger partial charge >= 0.3 is 0 Å². The van der Waals surface area contributed by atoms with E-state index in [1.165, 1.54) is 5.56 Å². The second-order valence-corrected chi connectivity index (χ2v) is 5.08. The van der Waals surface area contributed by atoms with Gasteiger partial charge in [-0.2, -0.15) is 0 Å². The Morgan fingerprint density at radius 3 is 2.82 bits per heavy atom. The number of rotatable bonds is 2. The second-order valence-electron chi connectivity index (χ2n) is 3.99. The summed E-state index contributed by atoms with van der Waals surface area (Å²) in [5, 5.41) is 5.78. The average molecular weight is 243 g/mol. The Balaban J connectivity index is 2.29. The first-order valence-electron chi connectivity index (χ1n) is 5.32. The van der Waals surface area contributed by atoms with Crippen molar-refractivity contribution >= 4 is 23.2 Å². The van der Waals surface area contributed by atoms with Crippen LogP contribution in [0.3, 0.4) is 0 Å². The van der Waals surface area contributed by atoms with Crippen LogP contribution >= 0.6 is 11.8 Å². The molecule has 1 aliphatic carbocycles. The molecule has 0 amide bonds. The molecule has 1 aromatic rings. The first kappa shape index (κ1) is 11.7. The quantitative estimate of drug-likeness (QED) is 0.779. The SMILES string of the molecule is C=C1C=CC(=[NH2+])C=C1Sc1cc(N)ccc1C. The Labute approximate surface area is 105 Å². The highest BCUT2D eigenvalue weighted by Gasteiger charge is 2.11. The molecule has 3 heteroatoms. The van der Waals surface area contributed by atoms with Gasteiger partial charge in [0.25, 0.3) is 0 Å². The van der Waals surface area contributed by atoms with Crippen molar-refractivity contribution in [3.63, 3.8) is 0 Å². The summed E-state index contributed by atoms with van der Waals surface area (Å²) in [6, 6.07) is 5.90. The summed E-state index contributed by atoms with van der Waals surface area (Å²) >= 11 is 1.65. The van der Waals surface area contributed by atoms with Crippen LogP contribution in [0.4, 0.5) is 5.69 Å². The predicted molar refractivity (Wildman–Crippen MR) is 74.7 cm³/mol. The lowest BCUT2D eigenvalue weighted by Gasteiger charge is -2.11. The largest absolute Gasteiger partial charge is 0.399 e. The van der Waals surface area contributed by atoms with E-state index in [-0.39, 0.29) is 0 Å². The predicted octanol–water partition coefficient (Wildman–Crippen LogP) is 1.88. The van der Waals surface area contributed by atoms with E-state index in [0.717, 1.165) is 26.8 Å². The molecule has 86 valence electrons. The molecule has 0 unspecified atom stereocenters. The molecule has 4 N–H and O–H groups in total. The Bertz CT molecular complexity index is 553. The fourth-order valence-electron chi connectivity index (χ4n) is 1.51. The normalized spacial score (nSPS) is 15.0. The Kier molecular flexibility index (Phi) is 3.20. The molecule has 0 fully saturated rings. The molecule has 0 heterocycles. The van der Waals surface area contributed by atoms with E-state index >= 15 is 0 Å². The number of hydrogen-bond acceptors (Lipinski definition) is 2. The summed E-state index contributed by atoms with van der Waals surface area (Å²) < 4.78 is 0. The van der Waals surface area contributed by atoms with Crippen LogP contribution in [0.25, 0.3) is 0 Å². The molecule has 0 spiro atoms. The van der Waals surface area contributed by atoms with Gasteiger partial charge in [-0.3, -0.25) is 5.41 Å². The summed E-state index contributed by atoms with van der Waals surface area (Å²) in [4.78, 5) is 2.21. The zero-order chi connectivity index (χ0) is 12.4. The van der Waals surface area contributed by atoms with Crippen LogP contribution in [0.2, 0.25) is 0 Å². The first-order chi connectivity index (χ1) is 8.06. The average Bonchev–Trinajstić information content (AvgIpc) is 2.28. The number of allylic oxidation sites excluding steroid dienone is 4. The lowest BCUT2D eigenvalue weighted by molar-refractivity contribution is -0.110. The highest BCUT2D eigenvalue weighted by atomic mass is 32.2. The first-order valence-corrected chi connectivity index (χ1v) is 6.13. The van der Waals surface area contributed by atoms with Gasteiger partial charge in [-0.05, 0) is 36.3 Å². The molecular formula is C14H15N2S+.